The minimum absolute atomic E-state index is 0.0334. The summed E-state index contributed by atoms with van der Waals surface area (Å²) in [6, 6.07) is 8.80. The number of rotatable bonds is 3. The molecule has 2 aromatic rings. The van der Waals surface area contributed by atoms with E-state index in [1.807, 2.05) is 12.1 Å². The largest absolute Gasteiger partial charge is 0.479 e. The van der Waals surface area contributed by atoms with Crippen molar-refractivity contribution < 1.29 is 23.8 Å². The van der Waals surface area contributed by atoms with Crippen LogP contribution in [0.25, 0.3) is 11.0 Å². The maximum atomic E-state index is 12.2. The number of amides is 1. The van der Waals surface area contributed by atoms with Gasteiger partial charge in [0.05, 0.1) is 6.61 Å². The Morgan fingerprint density at radius 2 is 2.10 bits per heavy atom. The molecule has 1 saturated heterocycles. The fourth-order valence-electron chi connectivity index (χ4n) is 2.26. The average molecular weight is 275 g/mol. The average Bonchev–Trinajstić information content (AvgIpc) is 3.05. The first-order chi connectivity index (χ1) is 9.61. The zero-order valence-corrected chi connectivity index (χ0v) is 10.6. The lowest BCUT2D eigenvalue weighted by atomic mass is 9.99. The van der Waals surface area contributed by atoms with Gasteiger partial charge in [0, 0.05) is 18.4 Å². The molecule has 0 saturated carbocycles. The van der Waals surface area contributed by atoms with Gasteiger partial charge in [0.25, 0.3) is 5.91 Å². The van der Waals surface area contributed by atoms with Crippen LogP contribution in [-0.2, 0) is 9.53 Å². The van der Waals surface area contributed by atoms with E-state index in [9.17, 15) is 14.7 Å². The predicted molar refractivity (Wildman–Crippen MR) is 69.5 cm³/mol. The van der Waals surface area contributed by atoms with Crippen molar-refractivity contribution in [3.63, 3.8) is 0 Å². The summed E-state index contributed by atoms with van der Waals surface area (Å²) in [5.41, 5.74) is -0.777. The number of hydrogen-bond donors (Lipinski definition) is 2. The van der Waals surface area contributed by atoms with Gasteiger partial charge in [-0.2, -0.15) is 0 Å². The van der Waals surface area contributed by atoms with Gasteiger partial charge in [-0.25, -0.2) is 4.79 Å². The molecule has 3 rings (SSSR count). The summed E-state index contributed by atoms with van der Waals surface area (Å²) in [5, 5.41) is 12.6. The molecule has 1 aromatic carbocycles. The summed E-state index contributed by atoms with van der Waals surface area (Å²) < 4.78 is 10.5. The highest BCUT2D eigenvalue weighted by Crippen LogP contribution is 2.22. The lowest BCUT2D eigenvalue weighted by molar-refractivity contribution is -0.144. The molecule has 1 aliphatic heterocycles. The molecule has 2 heterocycles. The maximum absolute atomic E-state index is 12.2. The zero-order valence-electron chi connectivity index (χ0n) is 10.6. The second kappa shape index (κ2) is 4.64. The molecule has 0 spiro atoms. The van der Waals surface area contributed by atoms with Crippen LogP contribution in [0.5, 0.6) is 0 Å². The van der Waals surface area contributed by atoms with Crippen LogP contribution in [0.2, 0.25) is 0 Å². The highest BCUT2D eigenvalue weighted by Gasteiger charge is 2.44. The summed E-state index contributed by atoms with van der Waals surface area (Å²) >= 11 is 0. The molecule has 2 N–H and O–H groups in total. The van der Waals surface area contributed by atoms with Gasteiger partial charge < -0.3 is 19.6 Å². The number of fused-ring (bicyclic) bond motifs is 1. The van der Waals surface area contributed by atoms with Crippen LogP contribution in [0.15, 0.2) is 34.7 Å². The SMILES string of the molecule is O=C(NC1(C(=O)O)CCOC1)c1cc2ccccc2o1. The van der Waals surface area contributed by atoms with Crippen LogP contribution in [0.4, 0.5) is 0 Å². The fourth-order valence-corrected chi connectivity index (χ4v) is 2.26. The fraction of sp³-hybridized carbons (Fsp3) is 0.286. The van der Waals surface area contributed by atoms with Crippen LogP contribution < -0.4 is 5.32 Å². The van der Waals surface area contributed by atoms with Crippen molar-refractivity contribution in [3.8, 4) is 0 Å². The Hall–Kier alpha value is -2.34. The molecular weight excluding hydrogens is 262 g/mol. The van der Waals surface area contributed by atoms with Crippen molar-refractivity contribution in [2.45, 2.75) is 12.0 Å². The second-order valence-electron chi connectivity index (χ2n) is 4.79. The summed E-state index contributed by atoms with van der Waals surface area (Å²) in [4.78, 5) is 23.5. The number of carboxylic acids is 1. The number of carbonyl (C=O) groups is 2. The lowest BCUT2D eigenvalue weighted by Crippen LogP contribution is -2.55. The Kier molecular flexibility index (Phi) is 2.94. The molecule has 1 fully saturated rings. The highest BCUT2D eigenvalue weighted by molar-refractivity contribution is 5.99. The van der Waals surface area contributed by atoms with Crippen LogP contribution in [0.1, 0.15) is 17.0 Å². The molecule has 0 bridgehead atoms. The minimum Gasteiger partial charge on any atom is -0.479 e. The summed E-state index contributed by atoms with van der Waals surface area (Å²) in [7, 11) is 0. The molecule has 1 unspecified atom stereocenters. The monoisotopic (exact) mass is 275 g/mol. The predicted octanol–water partition coefficient (Wildman–Crippen LogP) is 1.41. The Labute approximate surface area is 114 Å². The minimum atomic E-state index is -1.37. The Bertz CT molecular complexity index is 636. The maximum Gasteiger partial charge on any atom is 0.331 e. The molecule has 6 nitrogen and oxygen atoms in total. The second-order valence-corrected chi connectivity index (χ2v) is 4.79. The quantitative estimate of drug-likeness (QED) is 0.884. The molecule has 1 aromatic heterocycles. The van der Waals surface area contributed by atoms with Gasteiger partial charge in [0.1, 0.15) is 5.58 Å². The van der Waals surface area contributed by atoms with Crippen molar-refractivity contribution in [1.29, 1.82) is 0 Å². The van der Waals surface area contributed by atoms with E-state index < -0.39 is 17.4 Å². The summed E-state index contributed by atoms with van der Waals surface area (Å²) in [6.07, 6.45) is 0.244. The number of aliphatic carboxylic acids is 1. The van der Waals surface area contributed by atoms with Crippen molar-refractivity contribution in [3.05, 3.63) is 36.1 Å². The number of para-hydroxylation sites is 1. The molecule has 0 radical (unpaired) electrons. The molecule has 1 amide bonds. The number of carboxylic acid groups (broad SMARTS) is 1. The van der Waals surface area contributed by atoms with E-state index in [1.54, 1.807) is 18.2 Å². The van der Waals surface area contributed by atoms with Crippen molar-refractivity contribution in [2.75, 3.05) is 13.2 Å². The van der Waals surface area contributed by atoms with Crippen LogP contribution >= 0.6 is 0 Å². The topological polar surface area (TPSA) is 88.8 Å². The zero-order chi connectivity index (χ0) is 14.2. The third kappa shape index (κ3) is 2.04. The van der Waals surface area contributed by atoms with Gasteiger partial charge >= 0.3 is 5.97 Å². The number of carbonyl (C=O) groups excluding carboxylic acids is 1. The van der Waals surface area contributed by atoms with Crippen molar-refractivity contribution in [2.24, 2.45) is 0 Å². The van der Waals surface area contributed by atoms with Gasteiger partial charge in [0.2, 0.25) is 0 Å². The Balaban J connectivity index is 1.87. The number of furan rings is 1. The molecule has 6 heteroatoms. The van der Waals surface area contributed by atoms with E-state index in [1.165, 1.54) is 0 Å². The molecule has 0 aliphatic carbocycles. The van der Waals surface area contributed by atoms with Gasteiger partial charge in [-0.05, 0) is 12.1 Å². The van der Waals surface area contributed by atoms with Gasteiger partial charge in [-0.1, -0.05) is 18.2 Å². The molecule has 1 atom stereocenters. The van der Waals surface area contributed by atoms with E-state index in [4.69, 9.17) is 9.15 Å². The van der Waals surface area contributed by atoms with E-state index in [0.717, 1.165) is 5.39 Å². The smallest absolute Gasteiger partial charge is 0.331 e. The van der Waals surface area contributed by atoms with E-state index >= 15 is 0 Å². The van der Waals surface area contributed by atoms with Crippen molar-refractivity contribution in [1.82, 2.24) is 5.32 Å². The first-order valence-electron chi connectivity index (χ1n) is 6.23. The lowest BCUT2D eigenvalue weighted by Gasteiger charge is -2.22. The standard InChI is InChI=1S/C14H13NO5/c16-12(15-14(13(17)18)5-6-19-8-14)11-7-9-3-1-2-4-10(9)20-11/h1-4,7H,5-6,8H2,(H,15,16)(H,17,18). The van der Waals surface area contributed by atoms with E-state index in [-0.39, 0.29) is 18.8 Å². The van der Waals surface area contributed by atoms with Crippen LogP contribution in [-0.4, -0.2) is 35.7 Å². The summed E-state index contributed by atoms with van der Waals surface area (Å²) in [6.45, 7) is 0.279. The Morgan fingerprint density at radius 1 is 1.30 bits per heavy atom. The first-order valence-corrected chi connectivity index (χ1v) is 6.23. The number of benzene rings is 1. The number of ether oxygens (including phenoxy) is 1. The number of hydrogen-bond acceptors (Lipinski definition) is 4. The molecule has 20 heavy (non-hydrogen) atoms. The van der Waals surface area contributed by atoms with Crippen LogP contribution in [0, 0.1) is 0 Å². The molecular formula is C14H13NO5. The van der Waals surface area contributed by atoms with E-state index in [0.29, 0.717) is 12.2 Å². The first kappa shape index (κ1) is 12.7. The molecule has 104 valence electrons. The third-order valence-corrected chi connectivity index (χ3v) is 3.43. The van der Waals surface area contributed by atoms with Gasteiger partial charge in [-0.15, -0.1) is 0 Å². The van der Waals surface area contributed by atoms with Gasteiger partial charge in [-0.3, -0.25) is 4.79 Å². The summed E-state index contributed by atoms with van der Waals surface area (Å²) in [5.74, 6) is -1.55. The van der Waals surface area contributed by atoms with Crippen LogP contribution in [0.3, 0.4) is 0 Å². The highest BCUT2D eigenvalue weighted by atomic mass is 16.5. The molecule has 1 aliphatic rings. The Morgan fingerprint density at radius 3 is 2.75 bits per heavy atom. The number of nitrogens with one attached hydrogen (secondary N) is 1. The third-order valence-electron chi connectivity index (χ3n) is 3.43. The van der Waals surface area contributed by atoms with Crippen molar-refractivity contribution >= 4 is 22.8 Å². The van der Waals surface area contributed by atoms with E-state index in [2.05, 4.69) is 5.32 Å². The van der Waals surface area contributed by atoms with Gasteiger partial charge in [0.15, 0.2) is 11.3 Å². The normalized spacial score (nSPS) is 22.0.